The minimum absolute atomic E-state index is 0. The van der Waals surface area contributed by atoms with Crippen molar-refractivity contribution in [1.82, 2.24) is 0 Å². The molecule has 0 aromatic rings. The van der Waals surface area contributed by atoms with Gasteiger partial charge in [0, 0.05) is 35.5 Å². The van der Waals surface area contributed by atoms with Crippen LogP contribution in [-0.2, 0) is 20.1 Å². The molecule has 0 aliphatic heterocycles. The van der Waals surface area contributed by atoms with Crippen molar-refractivity contribution in [2.75, 3.05) is 0 Å². The molecule has 3 rings (SSSR count). The summed E-state index contributed by atoms with van der Waals surface area (Å²) in [6.45, 7) is 0. The Kier molecular flexibility index (Phi) is 16.1. The maximum absolute atomic E-state index is 1.63. The molecule has 0 atom stereocenters. The van der Waals surface area contributed by atoms with Crippen LogP contribution in [0.1, 0.15) is 96.3 Å². The number of rotatable bonds is 3. The summed E-state index contributed by atoms with van der Waals surface area (Å²) < 4.78 is 0. The fourth-order valence-electron chi connectivity index (χ4n) is 5.31. The third-order valence-corrected chi connectivity index (χ3v) is 10.8. The molecule has 0 aromatic heterocycles. The molecule has 3 aliphatic rings. The summed E-state index contributed by atoms with van der Waals surface area (Å²) in [5.74, 6) is 0. The van der Waals surface area contributed by atoms with E-state index in [1.165, 1.54) is 17.0 Å². The van der Waals surface area contributed by atoms with Crippen LogP contribution in [-0.4, -0.2) is 17.0 Å². The third-order valence-electron chi connectivity index (χ3n) is 6.23. The number of hydrogen-bond donors (Lipinski definition) is 0. The smallest absolute Gasteiger partial charge is 0.0680 e. The van der Waals surface area contributed by atoms with Gasteiger partial charge in [-0.3, -0.25) is 0 Å². The van der Waals surface area contributed by atoms with Crippen molar-refractivity contribution in [3.8, 4) is 0 Å². The van der Waals surface area contributed by atoms with Crippen LogP contribution in [0.25, 0.3) is 0 Å². The predicted octanol–water partition coefficient (Wildman–Crippen LogP) is 7.55. The second-order valence-corrected chi connectivity index (χ2v) is 11.0. The Hall–Kier alpha value is 0.949. The first-order chi connectivity index (χ1) is 9.45. The second kappa shape index (κ2) is 14.2. The van der Waals surface area contributed by atoms with Gasteiger partial charge in [-0.2, -0.15) is 0 Å². The third kappa shape index (κ3) is 7.38. The van der Waals surface area contributed by atoms with Crippen LogP contribution in [0.4, 0.5) is 0 Å². The van der Waals surface area contributed by atoms with Crippen LogP contribution in [0.2, 0.25) is 0 Å². The quantitative estimate of drug-likeness (QED) is 0.267. The molecule has 3 aliphatic carbocycles. The van der Waals surface area contributed by atoms with Crippen molar-refractivity contribution in [2.45, 2.75) is 113 Å². The van der Waals surface area contributed by atoms with Crippen molar-refractivity contribution in [1.29, 1.82) is 0 Å². The minimum atomic E-state index is -0.0465. The summed E-state index contributed by atoms with van der Waals surface area (Å²) >= 11 is 0. The molecule has 0 aromatic carbocycles. The molecule has 3 fully saturated rings. The fraction of sp³-hybridized carbons (Fsp3) is 0.857. The average Bonchev–Trinajstić information content (AvgIpc) is 2.51. The van der Waals surface area contributed by atoms with E-state index in [9.17, 15) is 0 Å². The zero-order valence-corrected chi connectivity index (χ0v) is 19.6. The molecule has 141 valence electrons. The second-order valence-electron chi connectivity index (χ2n) is 7.50. The molecule has 0 bridgehead atoms. The van der Waals surface area contributed by atoms with E-state index in [0.29, 0.717) is 0 Å². The van der Waals surface area contributed by atoms with Gasteiger partial charge in [-0.05, 0) is 77.0 Å². The molecule has 0 nitrogen and oxygen atoms in total. The molecule has 0 saturated heterocycles. The molecular weight excluding hydrogens is 475 g/mol. The van der Waals surface area contributed by atoms with Gasteiger partial charge >= 0.3 is 0 Å². The van der Waals surface area contributed by atoms with Gasteiger partial charge in [0.25, 0.3) is 0 Å². The Labute approximate surface area is 163 Å². The molecule has 0 amide bonds. The fourth-order valence-corrected chi connectivity index (χ4v) is 10.5. The van der Waals surface area contributed by atoms with Crippen LogP contribution in [0, 0.1) is 22.3 Å². The molecule has 23 heavy (non-hydrogen) atoms. The Morgan fingerprint density at radius 2 is 0.652 bits per heavy atom. The molecule has 2 heteroatoms. The van der Waals surface area contributed by atoms with Crippen molar-refractivity contribution < 1.29 is 20.1 Å². The molecule has 0 heterocycles. The molecule has 0 N–H and O–H groups in total. The maximum atomic E-state index is 1.63. The van der Waals surface area contributed by atoms with Crippen molar-refractivity contribution in [2.24, 2.45) is 0 Å². The first-order valence-electron chi connectivity index (χ1n) is 9.32. The van der Waals surface area contributed by atoms with Gasteiger partial charge in [0.15, 0.2) is 0 Å². The van der Waals surface area contributed by atoms with Crippen LogP contribution in [0.15, 0.2) is 0 Å². The maximum Gasteiger partial charge on any atom is 0.0680 e. The topological polar surface area (TPSA) is 0 Å². The molecule has 0 spiro atoms. The first-order valence-corrected chi connectivity index (χ1v) is 11.0. The van der Waals surface area contributed by atoms with E-state index in [4.69, 9.17) is 0 Å². The van der Waals surface area contributed by atoms with Gasteiger partial charge in [0.2, 0.25) is 0 Å². The Bertz CT molecular complexity index is 208. The van der Waals surface area contributed by atoms with E-state index >= 15 is 0 Å². The van der Waals surface area contributed by atoms with Crippen molar-refractivity contribution >= 4 is 7.92 Å². The van der Waals surface area contributed by atoms with Gasteiger partial charge in [-0.25, -0.2) is 0 Å². The van der Waals surface area contributed by atoms with E-state index < -0.39 is 0 Å². The molecular formula is C21H43IrP. The summed E-state index contributed by atoms with van der Waals surface area (Å²) in [5.41, 5.74) is 3.68. The Morgan fingerprint density at radius 3 is 0.870 bits per heavy atom. The molecule has 0 unspecified atom stereocenters. The minimum Gasteiger partial charge on any atom is -0.358 e. The zero-order valence-electron chi connectivity index (χ0n) is 16.2. The summed E-state index contributed by atoms with van der Waals surface area (Å²) in [6.07, 6.45) is 23.8. The van der Waals surface area contributed by atoms with Gasteiger partial charge in [0.05, 0.1) is 17.0 Å². The number of hydrogen-bond acceptors (Lipinski definition) is 0. The summed E-state index contributed by atoms with van der Waals surface area (Å²) in [5, 5.41) is 0. The van der Waals surface area contributed by atoms with Crippen molar-refractivity contribution in [3.63, 3.8) is 0 Å². The SMILES string of the molecule is C1CCC([PH+](C2CCCCC2)C2CCCCC2)CC1.[CH3+].[CH3-].[CH3-].[Ir]. The largest absolute Gasteiger partial charge is 0.358 e. The Morgan fingerprint density at radius 1 is 0.435 bits per heavy atom. The standard InChI is InChI=1S/C18H33P.3CH3.Ir/c1-4-10-16(11-5-1)19(17-12-6-2-7-13-17)18-14-8-3-9-15-18;;;;/h16-18H,1-15H2;3*1H3;/q;2*-1;+1;/p+1. The van der Waals surface area contributed by atoms with Crippen LogP contribution in [0.5, 0.6) is 0 Å². The van der Waals surface area contributed by atoms with Crippen molar-refractivity contribution in [3.05, 3.63) is 22.3 Å². The summed E-state index contributed by atoms with van der Waals surface area (Å²) in [7, 11) is -0.0465. The van der Waals surface area contributed by atoms with E-state index in [-0.39, 0.29) is 50.3 Å². The van der Waals surface area contributed by atoms with E-state index in [0.717, 1.165) is 0 Å². The van der Waals surface area contributed by atoms with Gasteiger partial charge in [0.1, 0.15) is 0 Å². The van der Waals surface area contributed by atoms with Crippen LogP contribution >= 0.6 is 7.92 Å². The van der Waals surface area contributed by atoms with Crippen LogP contribution in [0.3, 0.4) is 0 Å². The Balaban J connectivity index is 0. The van der Waals surface area contributed by atoms with Gasteiger partial charge < -0.3 is 14.9 Å². The first kappa shape index (κ1) is 26.2. The van der Waals surface area contributed by atoms with Crippen LogP contribution < -0.4 is 0 Å². The van der Waals surface area contributed by atoms with E-state index in [1.807, 2.05) is 0 Å². The van der Waals surface area contributed by atoms with Gasteiger partial charge in [-0.15, -0.1) is 0 Å². The summed E-state index contributed by atoms with van der Waals surface area (Å²) in [6, 6.07) is 0. The van der Waals surface area contributed by atoms with Gasteiger partial charge in [-0.1, -0.05) is 19.3 Å². The zero-order chi connectivity index (χ0) is 12.9. The normalized spacial score (nSPS) is 23.9. The molecule has 3 saturated carbocycles. The summed E-state index contributed by atoms with van der Waals surface area (Å²) in [4.78, 5) is 0. The van der Waals surface area contributed by atoms with E-state index in [1.54, 1.807) is 96.3 Å². The average molecular weight is 519 g/mol. The van der Waals surface area contributed by atoms with E-state index in [2.05, 4.69) is 0 Å². The molecule has 1 radical (unpaired) electrons. The monoisotopic (exact) mass is 519 g/mol. The predicted molar refractivity (Wildman–Crippen MR) is 108 cm³/mol.